The highest BCUT2D eigenvalue weighted by atomic mass is 35.5. The van der Waals surface area contributed by atoms with E-state index in [1.54, 1.807) is 6.92 Å². The van der Waals surface area contributed by atoms with E-state index in [-0.39, 0.29) is 5.91 Å². The topological polar surface area (TPSA) is 75.6 Å². The van der Waals surface area contributed by atoms with Crippen LogP contribution in [0.3, 0.4) is 0 Å². The van der Waals surface area contributed by atoms with E-state index in [2.05, 4.69) is 5.32 Å². The summed E-state index contributed by atoms with van der Waals surface area (Å²) in [4.78, 5) is 23.8. The number of rotatable bonds is 5. The summed E-state index contributed by atoms with van der Waals surface area (Å²) in [6.45, 7) is 3.61. The van der Waals surface area contributed by atoms with Crippen LogP contribution in [-0.2, 0) is 14.3 Å². The minimum absolute atomic E-state index is 0.265. The van der Waals surface area contributed by atoms with Gasteiger partial charge in [-0.15, -0.1) is 11.6 Å². The van der Waals surface area contributed by atoms with Gasteiger partial charge < -0.3 is 15.2 Å². The van der Waals surface area contributed by atoms with Crippen LogP contribution < -0.4 is 5.32 Å². The summed E-state index contributed by atoms with van der Waals surface area (Å²) in [7, 11) is 0. The third-order valence-electron chi connectivity index (χ3n) is 4.17. The summed E-state index contributed by atoms with van der Waals surface area (Å²) in [6, 6.07) is 0. The lowest BCUT2D eigenvalue weighted by atomic mass is 9.67. The number of hydrogen-bond acceptors (Lipinski definition) is 4. The summed E-state index contributed by atoms with van der Waals surface area (Å²) < 4.78 is 5.22. The first kappa shape index (κ1) is 13.6. The van der Waals surface area contributed by atoms with Gasteiger partial charge >= 0.3 is 5.97 Å². The molecule has 0 aromatic heterocycles. The van der Waals surface area contributed by atoms with E-state index >= 15 is 0 Å². The molecule has 0 bridgehead atoms. The lowest BCUT2D eigenvalue weighted by molar-refractivity contribution is -0.235. The van der Waals surface area contributed by atoms with Crippen molar-refractivity contribution >= 4 is 23.5 Å². The Balaban J connectivity index is 2.34. The highest BCUT2D eigenvalue weighted by Gasteiger charge is 2.78. The molecule has 2 heterocycles. The van der Waals surface area contributed by atoms with Crippen molar-refractivity contribution in [2.45, 2.75) is 50.4 Å². The van der Waals surface area contributed by atoms with Crippen LogP contribution in [0.1, 0.15) is 33.1 Å². The van der Waals surface area contributed by atoms with Gasteiger partial charge in [0.05, 0.1) is 12.0 Å². The molecule has 0 radical (unpaired) electrons. The van der Waals surface area contributed by atoms with Crippen molar-refractivity contribution in [1.82, 2.24) is 5.32 Å². The molecule has 0 aliphatic carbocycles. The van der Waals surface area contributed by atoms with Gasteiger partial charge in [-0.2, -0.15) is 0 Å². The number of amides is 1. The molecule has 2 saturated heterocycles. The van der Waals surface area contributed by atoms with Crippen LogP contribution in [0, 0.1) is 5.92 Å². The first-order valence-corrected chi connectivity index (χ1v) is 6.77. The Hall–Kier alpha value is -0.810. The number of aliphatic hydroxyl groups excluding tert-OH is 1. The van der Waals surface area contributed by atoms with Crippen LogP contribution in [0.5, 0.6) is 0 Å². The van der Waals surface area contributed by atoms with Gasteiger partial charge in [0.15, 0.2) is 5.60 Å². The number of esters is 1. The number of carbonyl (C=O) groups excluding carboxylic acids is 2. The second-order valence-corrected chi connectivity index (χ2v) is 5.51. The van der Waals surface area contributed by atoms with Crippen LogP contribution in [0.25, 0.3) is 0 Å². The molecule has 2 N–H and O–H groups in total. The fourth-order valence-corrected chi connectivity index (χ4v) is 3.34. The maximum atomic E-state index is 12.0. The van der Waals surface area contributed by atoms with Crippen molar-refractivity contribution < 1.29 is 19.4 Å². The monoisotopic (exact) mass is 275 g/mol. The summed E-state index contributed by atoms with van der Waals surface area (Å²) in [5, 5.41) is 12.9. The highest BCUT2D eigenvalue weighted by Crippen LogP contribution is 2.52. The molecule has 18 heavy (non-hydrogen) atoms. The van der Waals surface area contributed by atoms with Crippen LogP contribution in [-0.4, -0.2) is 40.1 Å². The molecule has 0 unspecified atom stereocenters. The van der Waals surface area contributed by atoms with Crippen LogP contribution in [0.2, 0.25) is 0 Å². The Kier molecular flexibility index (Phi) is 3.32. The van der Waals surface area contributed by atoms with Gasteiger partial charge in [0, 0.05) is 5.88 Å². The standard InChI is InChI=1S/C12H18ClNO4/c1-3-4-8(15)12-10(17)18-11(12,2)7(5-6-13)9(16)14-12/h7-8,15H,3-6H2,1-2H3,(H,14,16)/t7-,8-,11-,12-/m0/s1. The Bertz CT molecular complexity index is 388. The normalized spacial score (nSPS) is 39.7. The fourth-order valence-electron chi connectivity index (χ4n) is 3.12. The van der Waals surface area contributed by atoms with Gasteiger partial charge in [-0.3, -0.25) is 4.79 Å². The number of ether oxygens (including phenoxy) is 1. The average Bonchev–Trinajstić information content (AvgIpc) is 2.48. The second-order valence-electron chi connectivity index (χ2n) is 5.13. The molecule has 6 heteroatoms. The lowest BCUT2D eigenvalue weighted by Crippen LogP contribution is -2.79. The predicted octanol–water partition coefficient (Wildman–Crippen LogP) is 0.577. The van der Waals surface area contributed by atoms with Crippen LogP contribution in [0.4, 0.5) is 0 Å². The van der Waals surface area contributed by atoms with Crippen molar-refractivity contribution in [3.8, 4) is 0 Å². The number of nitrogens with one attached hydrogen (secondary N) is 1. The largest absolute Gasteiger partial charge is 0.453 e. The molecule has 2 rings (SSSR count). The molecule has 0 saturated carbocycles. The second kappa shape index (κ2) is 4.38. The Morgan fingerprint density at radius 1 is 1.56 bits per heavy atom. The molecular formula is C12H18ClNO4. The van der Waals surface area contributed by atoms with Crippen molar-refractivity contribution in [3.05, 3.63) is 0 Å². The molecule has 0 aromatic rings. The molecule has 2 aliphatic rings. The number of fused-ring (bicyclic) bond motifs is 1. The van der Waals surface area contributed by atoms with E-state index in [4.69, 9.17) is 16.3 Å². The summed E-state index contributed by atoms with van der Waals surface area (Å²) in [6.07, 6.45) is 0.677. The summed E-state index contributed by atoms with van der Waals surface area (Å²) in [5.74, 6) is -0.986. The van der Waals surface area contributed by atoms with E-state index in [9.17, 15) is 14.7 Å². The van der Waals surface area contributed by atoms with Crippen molar-refractivity contribution in [3.63, 3.8) is 0 Å². The van der Waals surface area contributed by atoms with Crippen LogP contribution >= 0.6 is 11.6 Å². The molecule has 0 aromatic carbocycles. The molecular weight excluding hydrogens is 258 g/mol. The molecule has 5 nitrogen and oxygen atoms in total. The average molecular weight is 276 g/mol. The minimum Gasteiger partial charge on any atom is -0.453 e. The van der Waals surface area contributed by atoms with Crippen molar-refractivity contribution in [2.75, 3.05) is 5.88 Å². The van der Waals surface area contributed by atoms with E-state index in [0.717, 1.165) is 6.42 Å². The number of halogens is 1. The van der Waals surface area contributed by atoms with Gasteiger partial charge in [-0.05, 0) is 19.8 Å². The number of hydrogen-bond donors (Lipinski definition) is 2. The quantitative estimate of drug-likeness (QED) is 0.568. The first-order valence-electron chi connectivity index (χ1n) is 6.23. The summed E-state index contributed by atoms with van der Waals surface area (Å²) in [5.41, 5.74) is -2.26. The van der Waals surface area contributed by atoms with E-state index in [1.807, 2.05) is 6.92 Å². The summed E-state index contributed by atoms with van der Waals surface area (Å²) >= 11 is 5.69. The van der Waals surface area contributed by atoms with Gasteiger partial charge in [0.1, 0.15) is 0 Å². The Labute approximate surface area is 111 Å². The minimum atomic E-state index is -1.28. The van der Waals surface area contributed by atoms with Gasteiger partial charge in [0.25, 0.3) is 0 Å². The van der Waals surface area contributed by atoms with E-state index in [0.29, 0.717) is 18.7 Å². The van der Waals surface area contributed by atoms with Crippen LogP contribution in [0.15, 0.2) is 0 Å². The predicted molar refractivity (Wildman–Crippen MR) is 65.1 cm³/mol. The number of alkyl halides is 1. The third kappa shape index (κ3) is 1.43. The maximum Gasteiger partial charge on any atom is 0.339 e. The van der Waals surface area contributed by atoms with Crippen molar-refractivity contribution in [1.29, 1.82) is 0 Å². The van der Waals surface area contributed by atoms with Gasteiger partial charge in [-0.1, -0.05) is 13.3 Å². The first-order chi connectivity index (χ1) is 8.44. The SMILES string of the molecule is CCC[C@H](O)[C@@]12NC(=O)[C@H](CCCl)[C@]1(C)OC2=O. The molecule has 0 spiro atoms. The Morgan fingerprint density at radius 3 is 2.72 bits per heavy atom. The zero-order valence-corrected chi connectivity index (χ0v) is 11.3. The third-order valence-corrected chi connectivity index (χ3v) is 4.39. The van der Waals surface area contributed by atoms with E-state index < -0.39 is 29.1 Å². The van der Waals surface area contributed by atoms with E-state index in [1.165, 1.54) is 0 Å². The lowest BCUT2D eigenvalue weighted by Gasteiger charge is -2.53. The fraction of sp³-hybridized carbons (Fsp3) is 0.833. The van der Waals surface area contributed by atoms with Gasteiger partial charge in [0.2, 0.25) is 11.4 Å². The van der Waals surface area contributed by atoms with Crippen molar-refractivity contribution in [2.24, 2.45) is 5.92 Å². The smallest absolute Gasteiger partial charge is 0.339 e. The number of carbonyl (C=O) groups is 2. The molecule has 1 amide bonds. The Morgan fingerprint density at radius 2 is 2.22 bits per heavy atom. The zero-order valence-electron chi connectivity index (χ0n) is 10.5. The number of aliphatic hydroxyl groups is 1. The molecule has 2 aliphatic heterocycles. The molecule has 102 valence electrons. The zero-order chi connectivity index (χ0) is 13.6. The highest BCUT2D eigenvalue weighted by molar-refractivity contribution is 6.18. The molecule has 4 atom stereocenters. The molecule has 2 fully saturated rings. The van der Waals surface area contributed by atoms with Gasteiger partial charge in [-0.25, -0.2) is 4.79 Å². The maximum absolute atomic E-state index is 12.0.